The lowest BCUT2D eigenvalue weighted by molar-refractivity contribution is -0.120. The Morgan fingerprint density at radius 1 is 1.17 bits per heavy atom. The monoisotopic (exact) mass is 340 g/mol. The first-order valence-electron chi connectivity index (χ1n) is 7.44. The largest absolute Gasteiger partial charge is 0.411 e. The number of benzene rings is 1. The van der Waals surface area contributed by atoms with E-state index in [1.807, 2.05) is 30.3 Å². The summed E-state index contributed by atoms with van der Waals surface area (Å²) in [5.41, 5.74) is 1.85. The number of thioether (sulfide) groups is 1. The molecule has 0 aliphatic heterocycles. The van der Waals surface area contributed by atoms with Crippen molar-refractivity contribution < 1.29 is 9.21 Å². The highest BCUT2D eigenvalue weighted by Gasteiger charge is 2.18. The van der Waals surface area contributed by atoms with Crippen LogP contribution in [0.4, 0.5) is 0 Å². The summed E-state index contributed by atoms with van der Waals surface area (Å²) in [6.07, 6.45) is 3.32. The highest BCUT2D eigenvalue weighted by molar-refractivity contribution is 8.00. The number of rotatable bonds is 6. The number of hydrogen-bond donors (Lipinski definition) is 1. The standard InChI is InChI=1S/C17H16N4O2S/c1-12(15(22)19-11-13-5-3-2-4-6-13)24-17-21-20-16(23-17)14-7-9-18-10-8-14/h2-10,12H,11H2,1H3,(H,19,22). The third kappa shape index (κ3) is 4.20. The molecule has 6 nitrogen and oxygen atoms in total. The number of aromatic nitrogens is 3. The van der Waals surface area contributed by atoms with Gasteiger partial charge in [-0.3, -0.25) is 9.78 Å². The van der Waals surface area contributed by atoms with E-state index < -0.39 is 0 Å². The van der Waals surface area contributed by atoms with Crippen LogP contribution in [0, 0.1) is 0 Å². The first kappa shape index (κ1) is 16.2. The van der Waals surface area contributed by atoms with Crippen molar-refractivity contribution >= 4 is 17.7 Å². The molecule has 0 aliphatic rings. The molecule has 3 aromatic rings. The molecule has 122 valence electrons. The average Bonchev–Trinajstić information content (AvgIpc) is 3.10. The molecule has 0 saturated heterocycles. The summed E-state index contributed by atoms with van der Waals surface area (Å²) < 4.78 is 5.59. The van der Waals surface area contributed by atoms with Gasteiger partial charge in [-0.05, 0) is 24.6 Å². The summed E-state index contributed by atoms with van der Waals surface area (Å²) >= 11 is 1.23. The zero-order chi connectivity index (χ0) is 16.8. The molecule has 24 heavy (non-hydrogen) atoms. The summed E-state index contributed by atoms with van der Waals surface area (Å²) in [5.74, 6) is 0.337. The van der Waals surface area contributed by atoms with Gasteiger partial charge in [-0.25, -0.2) is 0 Å². The molecule has 0 radical (unpaired) electrons. The van der Waals surface area contributed by atoms with Gasteiger partial charge in [0.25, 0.3) is 5.22 Å². The van der Waals surface area contributed by atoms with Gasteiger partial charge in [-0.2, -0.15) is 0 Å². The minimum atomic E-state index is -0.334. The average molecular weight is 340 g/mol. The predicted molar refractivity (Wildman–Crippen MR) is 91.1 cm³/mol. The Morgan fingerprint density at radius 2 is 1.92 bits per heavy atom. The molecule has 1 aromatic carbocycles. The van der Waals surface area contributed by atoms with Crippen molar-refractivity contribution in [1.82, 2.24) is 20.5 Å². The third-order valence-electron chi connectivity index (χ3n) is 3.29. The Bertz CT molecular complexity index is 793. The molecule has 1 atom stereocenters. The van der Waals surface area contributed by atoms with Crippen molar-refractivity contribution in [3.8, 4) is 11.5 Å². The van der Waals surface area contributed by atoms with Crippen molar-refractivity contribution in [2.45, 2.75) is 23.9 Å². The maximum absolute atomic E-state index is 12.2. The zero-order valence-corrected chi connectivity index (χ0v) is 13.9. The van der Waals surface area contributed by atoms with E-state index in [0.29, 0.717) is 17.7 Å². The smallest absolute Gasteiger partial charge is 0.277 e. The fraction of sp³-hybridized carbons (Fsp3) is 0.176. The van der Waals surface area contributed by atoms with Crippen LogP contribution in [0.3, 0.4) is 0 Å². The van der Waals surface area contributed by atoms with Crippen LogP contribution in [0.15, 0.2) is 64.5 Å². The minimum absolute atomic E-state index is 0.0764. The van der Waals surface area contributed by atoms with Crippen molar-refractivity contribution in [2.75, 3.05) is 0 Å². The summed E-state index contributed by atoms with van der Waals surface area (Å²) in [4.78, 5) is 16.1. The van der Waals surface area contributed by atoms with Crippen LogP contribution in [-0.2, 0) is 11.3 Å². The molecule has 1 amide bonds. The van der Waals surface area contributed by atoms with Crippen molar-refractivity contribution in [3.63, 3.8) is 0 Å². The second-order valence-corrected chi connectivity index (χ2v) is 6.36. The number of carbonyl (C=O) groups excluding carboxylic acids is 1. The molecule has 0 saturated carbocycles. The quantitative estimate of drug-likeness (QED) is 0.695. The Hall–Kier alpha value is -2.67. The van der Waals surface area contributed by atoms with E-state index in [1.54, 1.807) is 31.5 Å². The van der Waals surface area contributed by atoms with E-state index in [0.717, 1.165) is 11.1 Å². The topological polar surface area (TPSA) is 80.9 Å². The second-order valence-electron chi connectivity index (χ2n) is 5.07. The van der Waals surface area contributed by atoms with Gasteiger partial charge in [0.05, 0.1) is 5.25 Å². The lowest BCUT2D eigenvalue weighted by atomic mass is 10.2. The van der Waals surface area contributed by atoms with Gasteiger partial charge in [-0.1, -0.05) is 42.1 Å². The van der Waals surface area contributed by atoms with Gasteiger partial charge in [0, 0.05) is 24.5 Å². The molecular weight excluding hydrogens is 324 g/mol. The SMILES string of the molecule is CC(Sc1nnc(-c2ccncc2)o1)C(=O)NCc1ccccc1. The van der Waals surface area contributed by atoms with Crippen LogP contribution in [0.2, 0.25) is 0 Å². The highest BCUT2D eigenvalue weighted by Crippen LogP contribution is 2.25. The van der Waals surface area contributed by atoms with Crippen LogP contribution >= 0.6 is 11.8 Å². The number of hydrogen-bond acceptors (Lipinski definition) is 6. The molecule has 0 fully saturated rings. The van der Waals surface area contributed by atoms with Crippen molar-refractivity contribution in [3.05, 3.63) is 60.4 Å². The van der Waals surface area contributed by atoms with Crippen molar-refractivity contribution in [1.29, 1.82) is 0 Å². The first-order valence-corrected chi connectivity index (χ1v) is 8.32. The Labute approximate surface area is 143 Å². The normalized spacial score (nSPS) is 11.9. The fourth-order valence-electron chi connectivity index (χ4n) is 2.00. The first-order chi connectivity index (χ1) is 11.7. The molecule has 2 aromatic heterocycles. The van der Waals surface area contributed by atoms with E-state index >= 15 is 0 Å². The van der Waals surface area contributed by atoms with Gasteiger partial charge in [-0.15, -0.1) is 10.2 Å². The Kier molecular flexibility index (Phi) is 5.22. The molecular formula is C17H16N4O2S. The van der Waals surface area contributed by atoms with Crippen LogP contribution < -0.4 is 5.32 Å². The Morgan fingerprint density at radius 3 is 2.67 bits per heavy atom. The van der Waals surface area contributed by atoms with Crippen molar-refractivity contribution in [2.24, 2.45) is 0 Å². The lowest BCUT2D eigenvalue weighted by Gasteiger charge is -2.09. The van der Waals surface area contributed by atoms with E-state index in [2.05, 4.69) is 20.5 Å². The second kappa shape index (κ2) is 7.74. The lowest BCUT2D eigenvalue weighted by Crippen LogP contribution is -2.30. The molecule has 1 N–H and O–H groups in total. The molecule has 2 heterocycles. The summed E-state index contributed by atoms with van der Waals surface area (Å²) in [7, 11) is 0. The van der Waals surface area contributed by atoms with Crippen LogP contribution in [-0.4, -0.2) is 26.3 Å². The fourth-order valence-corrected chi connectivity index (χ4v) is 2.71. The molecule has 3 rings (SSSR count). The summed E-state index contributed by atoms with van der Waals surface area (Å²) in [5, 5.41) is 10.9. The van der Waals surface area contributed by atoms with E-state index in [9.17, 15) is 4.79 Å². The number of pyridine rings is 1. The third-order valence-corrected chi connectivity index (χ3v) is 4.22. The van der Waals surface area contributed by atoms with E-state index in [1.165, 1.54) is 11.8 Å². The van der Waals surface area contributed by atoms with Crippen LogP contribution in [0.1, 0.15) is 12.5 Å². The van der Waals surface area contributed by atoms with E-state index in [-0.39, 0.29) is 11.2 Å². The van der Waals surface area contributed by atoms with Gasteiger partial charge < -0.3 is 9.73 Å². The molecule has 0 aliphatic carbocycles. The zero-order valence-electron chi connectivity index (χ0n) is 13.0. The predicted octanol–water partition coefficient (Wildman–Crippen LogP) is 2.93. The van der Waals surface area contributed by atoms with Crippen LogP contribution in [0.25, 0.3) is 11.5 Å². The molecule has 0 bridgehead atoms. The summed E-state index contributed by atoms with van der Waals surface area (Å²) in [6, 6.07) is 13.3. The number of amides is 1. The maximum Gasteiger partial charge on any atom is 0.277 e. The highest BCUT2D eigenvalue weighted by atomic mass is 32.2. The Balaban J connectivity index is 1.55. The van der Waals surface area contributed by atoms with Gasteiger partial charge in [0.2, 0.25) is 11.8 Å². The van der Waals surface area contributed by atoms with Crippen LogP contribution in [0.5, 0.6) is 0 Å². The number of nitrogens with zero attached hydrogens (tertiary/aromatic N) is 3. The maximum atomic E-state index is 12.2. The van der Waals surface area contributed by atoms with Gasteiger partial charge >= 0.3 is 0 Å². The molecule has 7 heteroatoms. The van der Waals surface area contributed by atoms with E-state index in [4.69, 9.17) is 4.42 Å². The number of nitrogens with one attached hydrogen (secondary N) is 1. The van der Waals surface area contributed by atoms with Gasteiger partial charge in [0.15, 0.2) is 0 Å². The molecule has 1 unspecified atom stereocenters. The van der Waals surface area contributed by atoms with Gasteiger partial charge in [0.1, 0.15) is 0 Å². The number of carbonyl (C=O) groups is 1. The summed E-state index contributed by atoms with van der Waals surface area (Å²) in [6.45, 7) is 2.30. The minimum Gasteiger partial charge on any atom is -0.411 e. The molecule has 0 spiro atoms.